The Morgan fingerprint density at radius 2 is 0.873 bits per heavy atom. The largest absolute Gasteiger partial charge is 0.394 e. The fourth-order valence-corrected chi connectivity index (χ4v) is 9.17. The topological polar surface area (TPSA) is 149 Å². The maximum atomic E-state index is 13.0. The van der Waals surface area contributed by atoms with Gasteiger partial charge in [0.25, 0.3) is 0 Å². The van der Waals surface area contributed by atoms with Crippen LogP contribution in [0.5, 0.6) is 0 Å². The average molecular weight is 999 g/mol. The number of allylic oxidation sites excluding steroid dienone is 12. The van der Waals surface area contributed by atoms with Gasteiger partial charge in [0.15, 0.2) is 6.29 Å². The highest BCUT2D eigenvalue weighted by molar-refractivity contribution is 5.76. The predicted octanol–water partition coefficient (Wildman–Crippen LogP) is 14.8. The Morgan fingerprint density at radius 1 is 0.493 bits per heavy atom. The molecule has 7 unspecified atom stereocenters. The van der Waals surface area contributed by atoms with Gasteiger partial charge in [0.2, 0.25) is 5.91 Å². The predicted molar refractivity (Wildman–Crippen MR) is 299 cm³/mol. The molecular formula is C62H111NO8. The van der Waals surface area contributed by atoms with Crippen LogP contribution in [-0.4, -0.2) is 87.5 Å². The number of ether oxygens (including phenoxy) is 2. The summed E-state index contributed by atoms with van der Waals surface area (Å²) < 4.78 is 11.2. The number of aliphatic hydroxyl groups excluding tert-OH is 5. The van der Waals surface area contributed by atoms with Gasteiger partial charge < -0.3 is 40.3 Å². The molecule has 6 N–H and O–H groups in total. The molecule has 71 heavy (non-hydrogen) atoms. The van der Waals surface area contributed by atoms with Crippen molar-refractivity contribution in [2.24, 2.45) is 0 Å². The quantitative estimate of drug-likeness (QED) is 0.0261. The summed E-state index contributed by atoms with van der Waals surface area (Å²) in [6.07, 6.45) is 64.3. The second-order valence-corrected chi connectivity index (χ2v) is 20.4. The van der Waals surface area contributed by atoms with Gasteiger partial charge in [0, 0.05) is 6.42 Å². The lowest BCUT2D eigenvalue weighted by atomic mass is 9.99. The van der Waals surface area contributed by atoms with E-state index in [4.69, 9.17) is 9.47 Å². The molecule has 0 aromatic rings. The van der Waals surface area contributed by atoms with E-state index in [9.17, 15) is 30.3 Å². The molecule has 9 nitrogen and oxygen atoms in total. The zero-order chi connectivity index (χ0) is 51.5. The highest BCUT2D eigenvalue weighted by Gasteiger charge is 2.44. The van der Waals surface area contributed by atoms with Crippen molar-refractivity contribution in [2.45, 2.75) is 301 Å². The summed E-state index contributed by atoms with van der Waals surface area (Å²) in [5.41, 5.74) is 0. The molecule has 0 radical (unpaired) electrons. The van der Waals surface area contributed by atoms with Crippen LogP contribution in [0, 0.1) is 0 Å². The van der Waals surface area contributed by atoms with Crippen LogP contribution in [0.15, 0.2) is 72.9 Å². The van der Waals surface area contributed by atoms with Crippen molar-refractivity contribution in [1.29, 1.82) is 0 Å². The van der Waals surface area contributed by atoms with Crippen LogP contribution in [0.3, 0.4) is 0 Å². The van der Waals surface area contributed by atoms with Gasteiger partial charge in [-0.2, -0.15) is 0 Å². The number of rotatable bonds is 50. The first-order valence-corrected chi connectivity index (χ1v) is 29.6. The van der Waals surface area contributed by atoms with Gasteiger partial charge in [-0.25, -0.2) is 0 Å². The lowest BCUT2D eigenvalue weighted by Crippen LogP contribution is -2.60. The fraction of sp³-hybridized carbons (Fsp3) is 0.790. The zero-order valence-electron chi connectivity index (χ0n) is 45.7. The lowest BCUT2D eigenvalue weighted by Gasteiger charge is -2.40. The number of carbonyl (C=O) groups is 1. The summed E-state index contributed by atoms with van der Waals surface area (Å²) in [6, 6.07) is -0.716. The smallest absolute Gasteiger partial charge is 0.220 e. The number of hydrogen-bond donors (Lipinski definition) is 6. The first kappa shape index (κ1) is 66.6. The van der Waals surface area contributed by atoms with Crippen LogP contribution in [0.1, 0.15) is 258 Å². The van der Waals surface area contributed by atoms with E-state index in [2.05, 4.69) is 92.1 Å². The molecule has 0 saturated carbocycles. The number of nitrogens with one attached hydrogen (secondary N) is 1. The van der Waals surface area contributed by atoms with Crippen molar-refractivity contribution < 1.29 is 39.8 Å². The van der Waals surface area contributed by atoms with Gasteiger partial charge >= 0.3 is 0 Å². The standard InChI is InChI=1S/C62H111NO8/c1-3-5-7-9-11-12-13-14-15-16-17-18-19-20-21-22-23-24-25-26-27-28-29-30-31-32-33-34-35-36-37-38-39-40-41-42-43-44-46-48-50-52-58(66)63-55(56(65)51-49-47-45-10-8-6-4-2)54-70-62-61(69)60(68)59(67)57(53-64)71-62/h5,7,11-12,14-15,17-18,20-21,23-24,55-57,59-62,64-65,67-69H,3-4,6,8-10,13,16,19,22,25-54H2,1-2H3,(H,63,66)/b7-5-,12-11-,15-14-,18-17-,21-20-,24-23-. The summed E-state index contributed by atoms with van der Waals surface area (Å²) in [6.45, 7) is 3.67. The molecule has 0 aromatic carbocycles. The summed E-state index contributed by atoms with van der Waals surface area (Å²) in [5.74, 6) is -0.147. The SMILES string of the molecule is CC/C=C\C/C=C\C/C=C\C/C=C\C/C=C\C/C=C\CCCCCCCCCCCCCCCCCCCCCCCCC(=O)NC(COC1OC(CO)C(O)C(O)C1O)C(O)CCCCCCCCC. The number of amides is 1. The first-order valence-electron chi connectivity index (χ1n) is 29.6. The minimum Gasteiger partial charge on any atom is -0.394 e. The monoisotopic (exact) mass is 998 g/mol. The highest BCUT2D eigenvalue weighted by Crippen LogP contribution is 2.23. The number of aliphatic hydroxyl groups is 5. The van der Waals surface area contributed by atoms with Gasteiger partial charge in [0.05, 0.1) is 25.4 Å². The lowest BCUT2D eigenvalue weighted by molar-refractivity contribution is -0.302. The molecule has 1 heterocycles. The maximum absolute atomic E-state index is 13.0. The van der Waals surface area contributed by atoms with E-state index in [1.165, 1.54) is 154 Å². The minimum absolute atomic E-state index is 0.138. The minimum atomic E-state index is -1.55. The van der Waals surface area contributed by atoms with E-state index >= 15 is 0 Å². The summed E-state index contributed by atoms with van der Waals surface area (Å²) in [5, 5.41) is 54.2. The van der Waals surface area contributed by atoms with Crippen molar-refractivity contribution in [3.8, 4) is 0 Å². The van der Waals surface area contributed by atoms with Gasteiger partial charge in [-0.15, -0.1) is 0 Å². The van der Waals surface area contributed by atoms with Crippen LogP contribution < -0.4 is 5.32 Å². The Bertz CT molecular complexity index is 1340. The van der Waals surface area contributed by atoms with Gasteiger partial charge in [-0.3, -0.25) is 4.79 Å². The average Bonchev–Trinajstić information content (AvgIpc) is 3.37. The molecule has 7 atom stereocenters. The Morgan fingerprint density at radius 3 is 1.30 bits per heavy atom. The van der Waals surface area contributed by atoms with Crippen molar-refractivity contribution in [2.75, 3.05) is 13.2 Å². The van der Waals surface area contributed by atoms with E-state index in [1.54, 1.807) is 0 Å². The molecule has 1 aliphatic heterocycles. The molecule has 1 aliphatic rings. The molecule has 0 spiro atoms. The van der Waals surface area contributed by atoms with Crippen LogP contribution in [0.2, 0.25) is 0 Å². The van der Waals surface area contributed by atoms with Crippen molar-refractivity contribution in [1.82, 2.24) is 5.32 Å². The van der Waals surface area contributed by atoms with Crippen LogP contribution in [-0.2, 0) is 14.3 Å². The maximum Gasteiger partial charge on any atom is 0.220 e. The summed E-state index contributed by atoms with van der Waals surface area (Å²) in [7, 11) is 0. The number of unbranched alkanes of at least 4 members (excludes halogenated alkanes) is 28. The van der Waals surface area contributed by atoms with E-state index in [1.807, 2.05) is 0 Å². The van der Waals surface area contributed by atoms with Crippen LogP contribution in [0.25, 0.3) is 0 Å². The van der Waals surface area contributed by atoms with E-state index in [0.717, 1.165) is 77.0 Å². The van der Waals surface area contributed by atoms with E-state index < -0.39 is 49.5 Å². The molecule has 1 saturated heterocycles. The third kappa shape index (κ3) is 40.7. The molecule has 412 valence electrons. The Labute approximate surface area is 436 Å². The summed E-state index contributed by atoms with van der Waals surface area (Å²) >= 11 is 0. The van der Waals surface area contributed by atoms with Gasteiger partial charge in [-0.1, -0.05) is 260 Å². The van der Waals surface area contributed by atoms with Crippen molar-refractivity contribution in [3.05, 3.63) is 72.9 Å². The number of hydrogen-bond acceptors (Lipinski definition) is 8. The van der Waals surface area contributed by atoms with Gasteiger partial charge in [-0.05, 0) is 64.2 Å². The van der Waals surface area contributed by atoms with Crippen molar-refractivity contribution >= 4 is 5.91 Å². The van der Waals surface area contributed by atoms with E-state index in [0.29, 0.717) is 12.8 Å². The molecule has 0 aromatic heterocycles. The first-order chi connectivity index (χ1) is 34.8. The molecule has 9 heteroatoms. The number of carbonyl (C=O) groups excluding carboxylic acids is 1. The zero-order valence-corrected chi connectivity index (χ0v) is 45.7. The van der Waals surface area contributed by atoms with Gasteiger partial charge in [0.1, 0.15) is 24.4 Å². The van der Waals surface area contributed by atoms with Crippen molar-refractivity contribution in [3.63, 3.8) is 0 Å². The third-order valence-corrected chi connectivity index (χ3v) is 13.8. The highest BCUT2D eigenvalue weighted by atomic mass is 16.7. The fourth-order valence-electron chi connectivity index (χ4n) is 9.17. The second kappa shape index (κ2) is 51.1. The molecule has 1 amide bonds. The Kier molecular flexibility index (Phi) is 48.0. The normalized spacial score (nSPS) is 19.8. The Balaban J connectivity index is 1.97. The molecule has 0 bridgehead atoms. The second-order valence-electron chi connectivity index (χ2n) is 20.4. The van der Waals surface area contributed by atoms with Crippen LogP contribution >= 0.6 is 0 Å². The van der Waals surface area contributed by atoms with Crippen LogP contribution in [0.4, 0.5) is 0 Å². The molecule has 1 rings (SSSR count). The molecule has 1 fully saturated rings. The Hall–Kier alpha value is -2.37. The molecular weight excluding hydrogens is 887 g/mol. The summed E-state index contributed by atoms with van der Waals surface area (Å²) in [4.78, 5) is 13.0. The third-order valence-electron chi connectivity index (χ3n) is 13.8. The van der Waals surface area contributed by atoms with E-state index in [-0.39, 0.29) is 12.5 Å². The molecule has 0 aliphatic carbocycles.